The number of terminal acetylenes is 1. The highest BCUT2D eigenvalue weighted by atomic mass is 127. The number of carbonyl (C=O) groups excluding carboxylic acids is 1. The van der Waals surface area contributed by atoms with Crippen molar-refractivity contribution in [1.29, 1.82) is 0 Å². The van der Waals surface area contributed by atoms with E-state index in [1.54, 1.807) is 36.4 Å². The third-order valence-corrected chi connectivity index (χ3v) is 4.76. The molecule has 2 rings (SSSR count). The van der Waals surface area contributed by atoms with E-state index in [0.717, 1.165) is 4.88 Å². The first-order chi connectivity index (χ1) is 13.0. The minimum Gasteiger partial charge on any atom is -0.386 e. The van der Waals surface area contributed by atoms with Gasteiger partial charge in [-0.15, -0.1) is 41.7 Å². The fourth-order valence-electron chi connectivity index (χ4n) is 2.18. The number of thiophene rings is 1. The maximum atomic E-state index is 12.1. The van der Waals surface area contributed by atoms with E-state index in [-0.39, 0.29) is 43.0 Å². The van der Waals surface area contributed by atoms with Crippen LogP contribution < -0.4 is 16.0 Å². The molecule has 0 radical (unpaired) electrons. The van der Waals surface area contributed by atoms with E-state index in [0.29, 0.717) is 28.1 Å². The third kappa shape index (κ3) is 8.06. The highest BCUT2D eigenvalue weighted by Gasteiger charge is 2.11. The van der Waals surface area contributed by atoms with Gasteiger partial charge in [0, 0.05) is 29.2 Å². The zero-order valence-electron chi connectivity index (χ0n) is 15.2. The first kappa shape index (κ1) is 24.2. The van der Waals surface area contributed by atoms with Gasteiger partial charge in [0.1, 0.15) is 12.6 Å². The number of aliphatic imine (C=N–C) groups is 1. The quantitative estimate of drug-likeness (QED) is 0.191. The molecule has 28 heavy (non-hydrogen) atoms. The minimum atomic E-state index is -0.716. The van der Waals surface area contributed by atoms with Gasteiger partial charge < -0.3 is 21.1 Å². The van der Waals surface area contributed by atoms with E-state index in [2.05, 4.69) is 26.9 Å². The highest BCUT2D eigenvalue weighted by molar-refractivity contribution is 14.0. The van der Waals surface area contributed by atoms with Crippen LogP contribution in [0, 0.1) is 12.3 Å². The van der Waals surface area contributed by atoms with Crippen LogP contribution in [0.25, 0.3) is 0 Å². The number of nitrogens with one attached hydrogen (secondary N) is 3. The van der Waals surface area contributed by atoms with Crippen molar-refractivity contribution in [3.05, 3.63) is 51.2 Å². The van der Waals surface area contributed by atoms with Gasteiger partial charge in [0.15, 0.2) is 5.96 Å². The number of aliphatic hydroxyl groups excluding tert-OH is 1. The molecule has 9 heteroatoms. The number of amides is 1. The van der Waals surface area contributed by atoms with Crippen LogP contribution >= 0.6 is 46.9 Å². The Morgan fingerprint density at radius 3 is 2.79 bits per heavy atom. The Morgan fingerprint density at radius 2 is 2.14 bits per heavy atom. The van der Waals surface area contributed by atoms with Crippen molar-refractivity contribution >= 4 is 64.5 Å². The standard InChI is InChI=1S/C19H21ClN4O2S.HI/c1-3-13-6-5-7-14(10-13)24-18(26)12-23-19(21-4-2)22-11-15(25)16-8-9-17(20)27-16;/h1,5-10,15,25H,4,11-12H2,2H3,(H,24,26)(H2,21,22,23);1H. The predicted octanol–water partition coefficient (Wildman–Crippen LogP) is 3.23. The largest absolute Gasteiger partial charge is 0.386 e. The lowest BCUT2D eigenvalue weighted by atomic mass is 10.2. The summed E-state index contributed by atoms with van der Waals surface area (Å²) in [6, 6.07) is 10.6. The van der Waals surface area contributed by atoms with Crippen molar-refractivity contribution in [2.45, 2.75) is 13.0 Å². The SMILES string of the molecule is C#Cc1cccc(NC(=O)CN=C(NCC)NCC(O)c2ccc(Cl)s2)c1.I. The molecule has 0 saturated carbocycles. The zero-order valence-corrected chi connectivity index (χ0v) is 19.1. The average molecular weight is 533 g/mol. The van der Waals surface area contributed by atoms with E-state index >= 15 is 0 Å². The number of hydrogen-bond donors (Lipinski definition) is 4. The number of rotatable bonds is 7. The molecule has 0 bridgehead atoms. The van der Waals surface area contributed by atoms with Gasteiger partial charge in [-0.1, -0.05) is 23.6 Å². The number of carbonyl (C=O) groups is 1. The van der Waals surface area contributed by atoms with Crippen molar-refractivity contribution in [1.82, 2.24) is 10.6 Å². The van der Waals surface area contributed by atoms with Crippen molar-refractivity contribution in [3.8, 4) is 12.3 Å². The van der Waals surface area contributed by atoms with Crippen LogP contribution in [0.2, 0.25) is 4.34 Å². The molecule has 1 heterocycles. The smallest absolute Gasteiger partial charge is 0.246 e. The van der Waals surface area contributed by atoms with Crippen molar-refractivity contribution < 1.29 is 9.90 Å². The summed E-state index contributed by atoms with van der Waals surface area (Å²) >= 11 is 7.20. The second kappa shape index (κ2) is 12.6. The van der Waals surface area contributed by atoms with Gasteiger partial charge in [-0.05, 0) is 37.3 Å². The van der Waals surface area contributed by atoms with Crippen LogP contribution in [0.3, 0.4) is 0 Å². The molecule has 150 valence electrons. The van der Waals surface area contributed by atoms with Crippen LogP contribution in [0.5, 0.6) is 0 Å². The third-order valence-electron chi connectivity index (χ3n) is 3.42. The number of benzene rings is 1. The van der Waals surface area contributed by atoms with E-state index in [1.807, 2.05) is 6.92 Å². The minimum absolute atomic E-state index is 0. The molecule has 2 aromatic rings. The zero-order chi connectivity index (χ0) is 19.6. The maximum absolute atomic E-state index is 12.1. The Kier molecular flexibility index (Phi) is 10.9. The fraction of sp³-hybridized carbons (Fsp3) is 0.263. The van der Waals surface area contributed by atoms with Gasteiger partial charge in [0.2, 0.25) is 5.91 Å². The lowest BCUT2D eigenvalue weighted by Crippen LogP contribution is -2.40. The average Bonchev–Trinajstić information content (AvgIpc) is 3.10. The number of aliphatic hydroxyl groups is 1. The number of hydrogen-bond acceptors (Lipinski definition) is 4. The van der Waals surface area contributed by atoms with Crippen molar-refractivity contribution in [3.63, 3.8) is 0 Å². The summed E-state index contributed by atoms with van der Waals surface area (Å²) < 4.78 is 0.621. The van der Waals surface area contributed by atoms with E-state index in [9.17, 15) is 9.90 Å². The molecule has 4 N–H and O–H groups in total. The van der Waals surface area contributed by atoms with E-state index < -0.39 is 6.10 Å². The van der Waals surface area contributed by atoms with Gasteiger partial charge in [0.05, 0.1) is 4.34 Å². The van der Waals surface area contributed by atoms with Gasteiger partial charge in [-0.2, -0.15) is 0 Å². The number of anilines is 1. The predicted molar refractivity (Wildman–Crippen MR) is 127 cm³/mol. The molecule has 0 aliphatic carbocycles. The van der Waals surface area contributed by atoms with Crippen LogP contribution in [-0.4, -0.2) is 36.6 Å². The highest BCUT2D eigenvalue weighted by Crippen LogP contribution is 2.26. The first-order valence-corrected chi connectivity index (χ1v) is 9.53. The Bertz CT molecular complexity index is 850. The molecule has 1 amide bonds. The van der Waals surface area contributed by atoms with Crippen molar-refractivity contribution in [2.75, 3.05) is 25.0 Å². The van der Waals surface area contributed by atoms with Gasteiger partial charge in [-0.3, -0.25) is 4.79 Å². The summed E-state index contributed by atoms with van der Waals surface area (Å²) in [6.45, 7) is 2.71. The number of guanidine groups is 1. The van der Waals surface area contributed by atoms with Crippen LogP contribution in [0.1, 0.15) is 23.5 Å². The molecule has 6 nitrogen and oxygen atoms in total. The van der Waals surface area contributed by atoms with E-state index in [4.69, 9.17) is 18.0 Å². The Labute approximate surface area is 190 Å². The summed E-state index contributed by atoms with van der Waals surface area (Å²) in [4.78, 5) is 17.1. The molecule has 0 saturated heterocycles. The molecule has 0 spiro atoms. The summed E-state index contributed by atoms with van der Waals surface area (Å²) in [5, 5.41) is 19.0. The summed E-state index contributed by atoms with van der Waals surface area (Å²) in [6.07, 6.45) is 4.64. The Balaban J connectivity index is 0.00000392. The maximum Gasteiger partial charge on any atom is 0.246 e. The molecule has 1 aromatic carbocycles. The normalized spacial score (nSPS) is 11.7. The molecular formula is C19H22ClIN4O2S. The second-order valence-electron chi connectivity index (χ2n) is 5.51. The first-order valence-electron chi connectivity index (χ1n) is 8.33. The Hall–Kier alpha value is -1.80. The van der Waals surface area contributed by atoms with Gasteiger partial charge in [0.25, 0.3) is 0 Å². The molecule has 0 aliphatic heterocycles. The van der Waals surface area contributed by atoms with E-state index in [1.165, 1.54) is 11.3 Å². The molecule has 1 aromatic heterocycles. The van der Waals surface area contributed by atoms with Crippen LogP contribution in [0.15, 0.2) is 41.4 Å². The molecule has 0 aliphatic rings. The van der Waals surface area contributed by atoms with Crippen LogP contribution in [0.4, 0.5) is 5.69 Å². The summed E-state index contributed by atoms with van der Waals surface area (Å²) in [7, 11) is 0. The number of nitrogens with zero attached hydrogens (tertiary/aromatic N) is 1. The summed E-state index contributed by atoms with van der Waals surface area (Å²) in [5.74, 6) is 2.69. The lowest BCUT2D eigenvalue weighted by Gasteiger charge is -2.14. The lowest BCUT2D eigenvalue weighted by molar-refractivity contribution is -0.114. The Morgan fingerprint density at radius 1 is 1.36 bits per heavy atom. The van der Waals surface area contributed by atoms with Gasteiger partial charge in [-0.25, -0.2) is 4.99 Å². The molecular weight excluding hydrogens is 511 g/mol. The molecule has 1 atom stereocenters. The molecule has 1 unspecified atom stereocenters. The fourth-order valence-corrected chi connectivity index (χ4v) is 3.23. The number of halogens is 2. The van der Waals surface area contributed by atoms with Crippen LogP contribution in [-0.2, 0) is 4.79 Å². The van der Waals surface area contributed by atoms with Gasteiger partial charge >= 0.3 is 0 Å². The monoisotopic (exact) mass is 532 g/mol. The molecule has 0 fully saturated rings. The van der Waals surface area contributed by atoms with Crippen molar-refractivity contribution in [2.24, 2.45) is 4.99 Å². The summed E-state index contributed by atoms with van der Waals surface area (Å²) in [5.41, 5.74) is 1.31. The second-order valence-corrected chi connectivity index (χ2v) is 7.25. The topological polar surface area (TPSA) is 85.8 Å².